The lowest BCUT2D eigenvalue weighted by atomic mass is 9.99. The number of carbonyl (C=O) groups is 3. The quantitative estimate of drug-likeness (QED) is 0.269. The molecule has 1 fully saturated rings. The van der Waals surface area contributed by atoms with Crippen LogP contribution in [0.3, 0.4) is 0 Å². The highest BCUT2D eigenvalue weighted by atomic mass is 32.1. The molecule has 0 bridgehead atoms. The lowest BCUT2D eigenvalue weighted by molar-refractivity contribution is -0.132. The SMILES string of the molecule is COC(=O)c1sc(N2C(=O)C(=O)C(=C(O)c3ccc(OC)cc3)[C@@H]2c2ccco2)nc1C. The van der Waals surface area contributed by atoms with E-state index in [2.05, 4.69) is 4.98 Å². The highest BCUT2D eigenvalue weighted by Crippen LogP contribution is 2.44. The number of rotatable bonds is 5. The third-order valence-electron chi connectivity index (χ3n) is 4.98. The molecular weight excluding hydrogens is 436 g/mol. The predicted octanol–water partition coefficient (Wildman–Crippen LogP) is 3.47. The third kappa shape index (κ3) is 3.44. The van der Waals surface area contributed by atoms with Crippen molar-refractivity contribution in [3.63, 3.8) is 0 Å². The van der Waals surface area contributed by atoms with E-state index in [-0.39, 0.29) is 27.1 Å². The Morgan fingerprint density at radius 1 is 1.19 bits per heavy atom. The van der Waals surface area contributed by atoms with E-state index < -0.39 is 23.7 Å². The van der Waals surface area contributed by atoms with Gasteiger partial charge in [0.15, 0.2) is 5.13 Å². The maximum atomic E-state index is 13.0. The van der Waals surface area contributed by atoms with Crippen LogP contribution in [-0.2, 0) is 14.3 Å². The number of aliphatic hydroxyl groups excluding tert-OH is 1. The van der Waals surface area contributed by atoms with Gasteiger partial charge in [-0.3, -0.25) is 14.5 Å². The highest BCUT2D eigenvalue weighted by molar-refractivity contribution is 7.17. The number of esters is 1. The minimum Gasteiger partial charge on any atom is -0.507 e. The number of hydrogen-bond donors (Lipinski definition) is 1. The summed E-state index contributed by atoms with van der Waals surface area (Å²) in [4.78, 5) is 43.7. The van der Waals surface area contributed by atoms with Crippen LogP contribution in [0, 0.1) is 6.92 Å². The Kier molecular flexibility index (Phi) is 5.54. The van der Waals surface area contributed by atoms with E-state index in [4.69, 9.17) is 13.9 Å². The van der Waals surface area contributed by atoms with Gasteiger partial charge in [-0.1, -0.05) is 11.3 Å². The molecule has 1 saturated heterocycles. The van der Waals surface area contributed by atoms with Crippen LogP contribution in [0.4, 0.5) is 5.13 Å². The zero-order chi connectivity index (χ0) is 23.0. The van der Waals surface area contributed by atoms with Crippen molar-refractivity contribution in [1.82, 2.24) is 4.98 Å². The van der Waals surface area contributed by atoms with Crippen molar-refractivity contribution >= 4 is 39.9 Å². The van der Waals surface area contributed by atoms with Gasteiger partial charge in [0.2, 0.25) is 0 Å². The number of nitrogens with zero attached hydrogens (tertiary/aromatic N) is 2. The van der Waals surface area contributed by atoms with E-state index in [0.29, 0.717) is 17.0 Å². The van der Waals surface area contributed by atoms with Gasteiger partial charge in [0, 0.05) is 5.56 Å². The molecule has 0 radical (unpaired) electrons. The molecule has 32 heavy (non-hydrogen) atoms. The van der Waals surface area contributed by atoms with Crippen molar-refractivity contribution in [3.05, 3.63) is 70.1 Å². The number of methoxy groups -OCH3 is 2. The zero-order valence-corrected chi connectivity index (χ0v) is 18.1. The van der Waals surface area contributed by atoms with Crippen LogP contribution >= 0.6 is 11.3 Å². The minimum atomic E-state index is -1.07. The summed E-state index contributed by atoms with van der Waals surface area (Å²) in [5.74, 6) is -1.93. The molecule has 1 aliphatic rings. The molecule has 0 aliphatic carbocycles. The Morgan fingerprint density at radius 2 is 1.91 bits per heavy atom. The van der Waals surface area contributed by atoms with Gasteiger partial charge in [-0.15, -0.1) is 0 Å². The number of ketones is 1. The minimum absolute atomic E-state index is 0.111. The van der Waals surface area contributed by atoms with Gasteiger partial charge in [-0.2, -0.15) is 0 Å². The van der Waals surface area contributed by atoms with Gasteiger partial charge in [0.1, 0.15) is 28.2 Å². The molecule has 0 spiro atoms. The number of ether oxygens (including phenoxy) is 2. The van der Waals surface area contributed by atoms with Crippen molar-refractivity contribution in [3.8, 4) is 5.75 Å². The van der Waals surface area contributed by atoms with Crippen LogP contribution in [0.1, 0.15) is 32.7 Å². The monoisotopic (exact) mass is 454 g/mol. The first-order chi connectivity index (χ1) is 15.4. The molecular formula is C22H18N2O7S. The number of thiazole rings is 1. The topological polar surface area (TPSA) is 119 Å². The molecule has 4 rings (SSSR count). The summed E-state index contributed by atoms with van der Waals surface area (Å²) < 4.78 is 15.4. The third-order valence-corrected chi connectivity index (χ3v) is 6.12. The zero-order valence-electron chi connectivity index (χ0n) is 17.3. The van der Waals surface area contributed by atoms with Crippen LogP contribution in [0.25, 0.3) is 5.76 Å². The van der Waals surface area contributed by atoms with Crippen molar-refractivity contribution in [2.24, 2.45) is 0 Å². The average Bonchev–Trinajstić information content (AvgIpc) is 3.52. The molecule has 1 N–H and O–H groups in total. The van der Waals surface area contributed by atoms with Crippen molar-refractivity contribution < 1.29 is 33.4 Å². The summed E-state index contributed by atoms with van der Waals surface area (Å²) in [7, 11) is 2.75. The first-order valence-electron chi connectivity index (χ1n) is 9.42. The number of carbonyl (C=O) groups excluding carboxylic acids is 3. The van der Waals surface area contributed by atoms with Gasteiger partial charge in [-0.25, -0.2) is 9.78 Å². The normalized spacial score (nSPS) is 17.6. The summed E-state index contributed by atoms with van der Waals surface area (Å²) in [6, 6.07) is 8.53. The molecule has 9 nitrogen and oxygen atoms in total. The molecule has 1 amide bonds. The maximum absolute atomic E-state index is 13.0. The summed E-state index contributed by atoms with van der Waals surface area (Å²) in [5, 5.41) is 11.1. The second-order valence-corrected chi connectivity index (χ2v) is 7.79. The largest absolute Gasteiger partial charge is 0.507 e. The molecule has 3 heterocycles. The van der Waals surface area contributed by atoms with E-state index in [9.17, 15) is 19.5 Å². The van der Waals surface area contributed by atoms with Gasteiger partial charge >= 0.3 is 11.9 Å². The Morgan fingerprint density at radius 3 is 2.50 bits per heavy atom. The van der Waals surface area contributed by atoms with E-state index in [1.807, 2.05) is 0 Å². The number of hydrogen-bond acceptors (Lipinski definition) is 9. The molecule has 1 aliphatic heterocycles. The van der Waals surface area contributed by atoms with Crippen LogP contribution in [0.5, 0.6) is 5.75 Å². The number of aryl methyl sites for hydroxylation is 1. The molecule has 1 atom stereocenters. The Bertz CT molecular complexity index is 1230. The first-order valence-corrected chi connectivity index (χ1v) is 10.2. The van der Waals surface area contributed by atoms with Gasteiger partial charge in [-0.05, 0) is 43.3 Å². The van der Waals surface area contributed by atoms with Gasteiger partial charge in [0.25, 0.3) is 5.78 Å². The summed E-state index contributed by atoms with van der Waals surface area (Å²) in [5.41, 5.74) is 0.528. The fourth-order valence-electron chi connectivity index (χ4n) is 3.42. The molecule has 0 unspecified atom stereocenters. The number of furan rings is 1. The van der Waals surface area contributed by atoms with Crippen LogP contribution in [0.2, 0.25) is 0 Å². The van der Waals surface area contributed by atoms with Crippen molar-refractivity contribution in [1.29, 1.82) is 0 Å². The first kappa shape index (κ1) is 21.3. The predicted molar refractivity (Wildman–Crippen MR) is 115 cm³/mol. The number of benzene rings is 1. The number of anilines is 1. The number of aliphatic hydroxyl groups is 1. The molecule has 0 saturated carbocycles. The number of Topliss-reactive ketones (excluding diaryl/α,β-unsaturated/α-hetero) is 1. The summed E-state index contributed by atoms with van der Waals surface area (Å²) in [6.07, 6.45) is 1.40. The standard InChI is InChI=1S/C22H18N2O7S/c1-11-19(21(28)30-3)32-22(23-11)24-16(14-5-4-10-31-14)15(18(26)20(24)27)17(25)12-6-8-13(29-2)9-7-12/h4-10,16,25H,1-3H3/t16-/m0/s1. The van der Waals surface area contributed by atoms with E-state index in [1.165, 1.54) is 20.5 Å². The fourth-order valence-corrected chi connectivity index (χ4v) is 4.43. The van der Waals surface area contributed by atoms with E-state index in [0.717, 1.165) is 16.2 Å². The van der Waals surface area contributed by atoms with Gasteiger partial charge in [0.05, 0.1) is 31.7 Å². The van der Waals surface area contributed by atoms with E-state index in [1.54, 1.807) is 43.3 Å². The molecule has 1 aromatic carbocycles. The Balaban J connectivity index is 1.88. The molecule has 3 aromatic rings. The highest BCUT2D eigenvalue weighted by Gasteiger charge is 2.49. The average molecular weight is 454 g/mol. The summed E-state index contributed by atoms with van der Waals surface area (Å²) in [6.45, 7) is 1.60. The molecule has 2 aromatic heterocycles. The van der Waals surface area contributed by atoms with Crippen LogP contribution < -0.4 is 9.64 Å². The van der Waals surface area contributed by atoms with Crippen molar-refractivity contribution in [2.75, 3.05) is 19.1 Å². The number of aromatic nitrogens is 1. The molecule has 10 heteroatoms. The Hall–Kier alpha value is -3.92. The second kappa shape index (κ2) is 8.31. The lowest BCUT2D eigenvalue weighted by Crippen LogP contribution is -2.29. The van der Waals surface area contributed by atoms with Crippen LogP contribution in [-0.4, -0.2) is 42.0 Å². The lowest BCUT2D eigenvalue weighted by Gasteiger charge is -2.20. The van der Waals surface area contributed by atoms with Crippen molar-refractivity contribution in [2.45, 2.75) is 13.0 Å². The Labute approximate surface area is 186 Å². The fraction of sp³-hybridized carbons (Fsp3) is 0.182. The van der Waals surface area contributed by atoms with Crippen LogP contribution in [0.15, 0.2) is 52.7 Å². The van der Waals surface area contributed by atoms with E-state index >= 15 is 0 Å². The number of amides is 1. The smallest absolute Gasteiger partial charge is 0.350 e. The maximum Gasteiger partial charge on any atom is 0.350 e. The van der Waals surface area contributed by atoms with Gasteiger partial charge < -0.3 is 19.0 Å². The summed E-state index contributed by atoms with van der Waals surface area (Å²) >= 11 is 0.916. The molecule has 164 valence electrons. The second-order valence-electron chi connectivity index (χ2n) is 6.82.